The van der Waals surface area contributed by atoms with Gasteiger partial charge in [-0.15, -0.1) is 0 Å². The van der Waals surface area contributed by atoms with Crippen LogP contribution in [0, 0.1) is 0 Å². The van der Waals surface area contributed by atoms with Crippen LogP contribution in [0.4, 0.5) is 0 Å². The predicted octanol–water partition coefficient (Wildman–Crippen LogP) is 6.93. The molecule has 4 unspecified atom stereocenters. The number of aliphatic hydroxyl groups is 4. The van der Waals surface area contributed by atoms with Crippen molar-refractivity contribution in [3.8, 4) is 0 Å². The van der Waals surface area contributed by atoms with E-state index in [2.05, 4.69) is 109 Å². The summed E-state index contributed by atoms with van der Waals surface area (Å²) >= 11 is 0. The average molecular weight is 1110 g/mol. The van der Waals surface area contributed by atoms with Crippen molar-refractivity contribution in [3.63, 3.8) is 0 Å². The molecule has 20 heteroatoms. The SMILES string of the molecule is CC[N+](CC)(CC)CC(O)COCCC[Si]1(C)O[Si](C)(CCCOCC(O)C[N+](CC)(CC)CC)O[Si](C)(CCCOCC(O)C[N+](CC)(CC)CC)O[Si](C)(CCCOCC(O)C[N+](CC)(CC)CC)O1. The van der Waals surface area contributed by atoms with Crippen LogP contribution in [-0.4, -0.2) is 255 Å². The number of aliphatic hydroxyl groups excluding tert-OH is 4. The van der Waals surface area contributed by atoms with Gasteiger partial charge in [-0.3, -0.25) is 0 Å². The molecule has 1 aliphatic heterocycles. The summed E-state index contributed by atoms with van der Waals surface area (Å²) < 4.78 is 58.0. The zero-order valence-corrected chi connectivity index (χ0v) is 53.8. The first-order chi connectivity index (χ1) is 34.0. The van der Waals surface area contributed by atoms with Gasteiger partial charge in [0.15, 0.2) is 0 Å². The smallest absolute Gasteiger partial charge is 0.317 e. The molecule has 0 aliphatic carbocycles. The Morgan fingerprint density at radius 1 is 0.306 bits per heavy atom. The van der Waals surface area contributed by atoms with Gasteiger partial charge in [0.2, 0.25) is 0 Å². The van der Waals surface area contributed by atoms with Crippen molar-refractivity contribution in [2.75, 3.05) is 158 Å². The van der Waals surface area contributed by atoms with Gasteiger partial charge < -0.3 is 73.8 Å². The van der Waals surface area contributed by atoms with E-state index in [-0.39, 0.29) is 0 Å². The number of hydrogen-bond acceptors (Lipinski definition) is 12. The van der Waals surface area contributed by atoms with E-state index in [4.69, 9.17) is 35.4 Å². The summed E-state index contributed by atoms with van der Waals surface area (Å²) in [6.45, 7) is 52.5. The third kappa shape index (κ3) is 24.9. The van der Waals surface area contributed by atoms with Gasteiger partial charge in [0.1, 0.15) is 50.6 Å². The fourth-order valence-electron chi connectivity index (χ4n) is 11.4. The van der Waals surface area contributed by atoms with E-state index in [1.807, 2.05) is 0 Å². The van der Waals surface area contributed by atoms with E-state index in [1.54, 1.807) is 0 Å². The summed E-state index contributed by atoms with van der Waals surface area (Å²) in [4.78, 5) is 0. The molecule has 0 aromatic rings. The minimum atomic E-state index is -2.99. The maximum Gasteiger partial charge on any atom is 0.317 e. The summed E-state index contributed by atoms with van der Waals surface area (Å²) in [5.74, 6) is 0. The van der Waals surface area contributed by atoms with Gasteiger partial charge in [-0.25, -0.2) is 0 Å². The lowest BCUT2D eigenvalue weighted by molar-refractivity contribution is -0.926. The predicted molar refractivity (Wildman–Crippen MR) is 303 cm³/mol. The molecule has 0 aromatic carbocycles. The number of nitrogens with zero attached hydrogens (tertiary/aromatic N) is 4. The third-order valence-corrected chi connectivity index (χ3v) is 36.0. The second-order valence-corrected chi connectivity index (χ2v) is 36.5. The Kier molecular flexibility index (Phi) is 34.1. The van der Waals surface area contributed by atoms with Crippen LogP contribution in [0.1, 0.15) is 109 Å². The first kappa shape index (κ1) is 70.2. The Balaban J connectivity index is 3.40. The fourth-order valence-corrected chi connectivity index (χ4v) is 34.6. The highest BCUT2D eigenvalue weighted by Gasteiger charge is 2.56. The highest BCUT2D eigenvalue weighted by molar-refractivity contribution is 6.93. The standard InChI is InChI=1S/C52H120N4O12Si4/c1-17-53(18-2,19-3)41-49(57)45-61-33-29-37-69(13)65-70(14,38-30-34-62-46-50(58)42-54(20-4,21-5)22-6)67-72(16,40-32-36-64-48-52(60)44-56(26-10,27-11)28-12)68-71(15,66-69)39-31-35-63-47-51(59)43-55(23-7,24-8)25-9/h49-52,57-60H,17-48H2,1-16H3/q+4. The Labute approximate surface area is 447 Å². The largest absolute Gasteiger partial charge is 0.416 e. The van der Waals surface area contributed by atoms with Crippen molar-refractivity contribution in [3.05, 3.63) is 0 Å². The lowest BCUT2D eigenvalue weighted by Gasteiger charge is -2.50. The maximum absolute atomic E-state index is 11.0. The number of hydrogen-bond donors (Lipinski definition) is 4. The first-order valence-corrected chi connectivity index (χ1v) is 39.3. The second-order valence-electron chi connectivity index (χ2n) is 22.2. The lowest BCUT2D eigenvalue weighted by atomic mass is 10.2. The van der Waals surface area contributed by atoms with Crippen molar-refractivity contribution >= 4 is 34.2 Å². The zero-order chi connectivity index (χ0) is 54.6. The van der Waals surface area contributed by atoms with Gasteiger partial charge in [-0.1, -0.05) is 0 Å². The van der Waals surface area contributed by atoms with Gasteiger partial charge in [-0.2, -0.15) is 0 Å². The number of ether oxygens (including phenoxy) is 4. The van der Waals surface area contributed by atoms with E-state index in [0.717, 1.165) is 122 Å². The van der Waals surface area contributed by atoms with Crippen LogP contribution in [0.5, 0.6) is 0 Å². The van der Waals surface area contributed by atoms with Gasteiger partial charge in [-0.05, 0) is 159 Å². The van der Waals surface area contributed by atoms with Gasteiger partial charge in [0, 0.05) is 26.4 Å². The third-order valence-electron chi connectivity index (χ3n) is 17.1. The fraction of sp³-hybridized carbons (Fsp3) is 1.00. The van der Waals surface area contributed by atoms with Crippen molar-refractivity contribution in [2.45, 2.75) is 184 Å². The van der Waals surface area contributed by atoms with E-state index in [9.17, 15) is 20.4 Å². The molecule has 4 atom stereocenters. The molecule has 16 nitrogen and oxygen atoms in total. The molecule has 0 spiro atoms. The van der Waals surface area contributed by atoms with Crippen LogP contribution in [0.25, 0.3) is 0 Å². The van der Waals surface area contributed by atoms with Crippen LogP contribution < -0.4 is 0 Å². The van der Waals surface area contributed by atoms with Crippen molar-refractivity contribution in [1.29, 1.82) is 0 Å². The lowest BCUT2D eigenvalue weighted by Crippen LogP contribution is -2.67. The van der Waals surface area contributed by atoms with Gasteiger partial charge >= 0.3 is 34.2 Å². The Bertz CT molecular complexity index is 1140. The molecule has 0 aromatic heterocycles. The molecule has 0 radical (unpaired) electrons. The molecule has 0 saturated carbocycles. The molecular weight excluding hydrogens is 985 g/mol. The molecule has 0 bridgehead atoms. The number of quaternary nitrogens is 4. The quantitative estimate of drug-likeness (QED) is 0.0284. The highest BCUT2D eigenvalue weighted by atomic mass is 28.5. The molecule has 1 fully saturated rings. The number of rotatable bonds is 44. The van der Waals surface area contributed by atoms with Crippen LogP contribution in [-0.2, 0) is 35.4 Å². The molecular formula is C52H120N4O12Si4+4. The van der Waals surface area contributed by atoms with E-state index in [1.165, 1.54) is 0 Å². The van der Waals surface area contributed by atoms with Crippen molar-refractivity contribution in [2.24, 2.45) is 0 Å². The minimum absolute atomic E-state index is 0.294. The molecule has 4 N–H and O–H groups in total. The van der Waals surface area contributed by atoms with Gasteiger partial charge in [0.25, 0.3) is 0 Å². The summed E-state index contributed by atoms with van der Waals surface area (Å²) in [5.41, 5.74) is 0. The summed E-state index contributed by atoms with van der Waals surface area (Å²) in [6.07, 6.45) is 0.719. The van der Waals surface area contributed by atoms with Gasteiger partial charge in [0.05, 0.1) is 105 Å². The van der Waals surface area contributed by atoms with Crippen LogP contribution in [0.15, 0.2) is 0 Å². The van der Waals surface area contributed by atoms with E-state index >= 15 is 0 Å². The van der Waals surface area contributed by atoms with Crippen LogP contribution in [0.2, 0.25) is 50.4 Å². The van der Waals surface area contributed by atoms with E-state index < -0.39 is 58.7 Å². The second kappa shape index (κ2) is 35.0. The normalized spacial score (nSPS) is 24.5. The first-order valence-electron chi connectivity index (χ1n) is 29.2. The molecule has 1 rings (SSSR count). The molecule has 1 heterocycles. The van der Waals surface area contributed by atoms with E-state index in [0.29, 0.717) is 103 Å². The Morgan fingerprint density at radius 2 is 0.458 bits per heavy atom. The minimum Gasteiger partial charge on any atom is -0.416 e. The number of likely N-dealkylation sites (N-methyl/N-ethyl adjacent to an activating group) is 4. The Morgan fingerprint density at radius 3 is 0.597 bits per heavy atom. The Hall–Kier alpha value is 0.228. The van der Waals surface area contributed by atoms with Crippen molar-refractivity contribution in [1.82, 2.24) is 0 Å². The average Bonchev–Trinajstić information content (AvgIpc) is 3.34. The molecule has 1 saturated heterocycles. The topological polar surface area (TPSA) is 155 Å². The van der Waals surface area contributed by atoms with Crippen LogP contribution in [0.3, 0.4) is 0 Å². The zero-order valence-electron chi connectivity index (χ0n) is 49.8. The van der Waals surface area contributed by atoms with Crippen LogP contribution >= 0.6 is 0 Å². The van der Waals surface area contributed by atoms with Crippen molar-refractivity contribution < 1.29 is 73.8 Å². The monoisotopic (exact) mass is 1100 g/mol. The molecule has 1 aliphatic rings. The summed E-state index contributed by atoms with van der Waals surface area (Å²) in [7, 11) is -12.0. The molecule has 432 valence electrons. The maximum atomic E-state index is 11.0. The molecule has 0 amide bonds. The molecule has 72 heavy (non-hydrogen) atoms. The summed E-state index contributed by atoms with van der Waals surface area (Å²) in [5, 5.41) is 44.1. The highest BCUT2D eigenvalue weighted by Crippen LogP contribution is 2.39. The summed E-state index contributed by atoms with van der Waals surface area (Å²) in [6, 6.07) is 2.75.